The predicted molar refractivity (Wildman–Crippen MR) is 124 cm³/mol. The third-order valence-corrected chi connectivity index (χ3v) is 6.31. The fraction of sp³-hybridized carbons (Fsp3) is 0.333. The summed E-state index contributed by atoms with van der Waals surface area (Å²) < 4.78 is 11.2. The summed E-state index contributed by atoms with van der Waals surface area (Å²) in [5.41, 5.74) is 5.58. The summed E-state index contributed by atoms with van der Waals surface area (Å²) in [4.78, 5) is 19.7. The van der Waals surface area contributed by atoms with E-state index in [0.717, 1.165) is 54.4 Å². The molecule has 1 fully saturated rings. The minimum atomic E-state index is 0.169. The average Bonchev–Trinajstić information content (AvgIpc) is 2.84. The number of piperidine rings is 1. The number of benzene rings is 2. The smallest absolute Gasteiger partial charge is 0.226 e. The van der Waals surface area contributed by atoms with Crippen LogP contribution in [0.25, 0.3) is 11.1 Å². The van der Waals surface area contributed by atoms with Crippen LogP contribution in [0, 0.1) is 6.92 Å². The van der Waals surface area contributed by atoms with Crippen molar-refractivity contribution in [2.45, 2.75) is 32.1 Å². The van der Waals surface area contributed by atoms with Gasteiger partial charge in [-0.3, -0.25) is 9.78 Å². The molecule has 3 heterocycles. The molecule has 32 heavy (non-hydrogen) atoms. The van der Waals surface area contributed by atoms with Crippen LogP contribution in [0.2, 0.25) is 0 Å². The summed E-state index contributed by atoms with van der Waals surface area (Å²) in [7, 11) is 0. The van der Waals surface area contributed by atoms with Gasteiger partial charge >= 0.3 is 0 Å². The van der Waals surface area contributed by atoms with E-state index < -0.39 is 0 Å². The van der Waals surface area contributed by atoms with Crippen molar-refractivity contribution in [2.24, 2.45) is 0 Å². The lowest BCUT2D eigenvalue weighted by atomic mass is 9.91. The molecular formula is C27H28N2O3. The van der Waals surface area contributed by atoms with E-state index in [0.29, 0.717) is 25.6 Å². The van der Waals surface area contributed by atoms with Crippen LogP contribution < -0.4 is 9.47 Å². The standard InChI is InChI=1S/C27H28N2O3/c1-19-15-23(21-5-3-2-4-6-21)18-24(28-19)22-9-11-29(12-10-22)27(30)17-20-7-8-25-26(16-20)32-14-13-31-25/h2-8,15-16,18,22H,9-14,17H2,1H3. The molecular weight excluding hydrogens is 400 g/mol. The van der Waals surface area contributed by atoms with Gasteiger partial charge in [-0.1, -0.05) is 36.4 Å². The monoisotopic (exact) mass is 428 g/mol. The van der Waals surface area contributed by atoms with Gasteiger partial charge in [0.05, 0.1) is 6.42 Å². The lowest BCUT2D eigenvalue weighted by Gasteiger charge is -2.32. The van der Waals surface area contributed by atoms with E-state index in [-0.39, 0.29) is 5.91 Å². The molecule has 0 spiro atoms. The minimum Gasteiger partial charge on any atom is -0.486 e. The number of amides is 1. The Labute approximate surface area is 189 Å². The molecule has 1 saturated heterocycles. The molecule has 0 atom stereocenters. The van der Waals surface area contributed by atoms with Gasteiger partial charge in [-0.2, -0.15) is 0 Å². The Morgan fingerprint density at radius 2 is 1.69 bits per heavy atom. The fourth-order valence-corrected chi connectivity index (χ4v) is 4.61. The summed E-state index contributed by atoms with van der Waals surface area (Å²) in [6.45, 7) is 4.72. The van der Waals surface area contributed by atoms with Gasteiger partial charge in [0.2, 0.25) is 5.91 Å². The normalized spacial score (nSPS) is 16.1. The molecule has 3 aromatic rings. The highest BCUT2D eigenvalue weighted by Gasteiger charge is 2.25. The lowest BCUT2D eigenvalue weighted by molar-refractivity contribution is -0.131. The first kappa shape index (κ1) is 20.6. The van der Waals surface area contributed by atoms with Crippen molar-refractivity contribution in [3.8, 4) is 22.6 Å². The van der Waals surface area contributed by atoms with E-state index in [1.54, 1.807) is 0 Å². The molecule has 0 N–H and O–H groups in total. The van der Waals surface area contributed by atoms with Crippen LogP contribution in [0.15, 0.2) is 60.7 Å². The van der Waals surface area contributed by atoms with Crippen molar-refractivity contribution in [1.29, 1.82) is 0 Å². The third-order valence-electron chi connectivity index (χ3n) is 6.31. The molecule has 0 saturated carbocycles. The number of pyridine rings is 1. The Morgan fingerprint density at radius 3 is 2.47 bits per heavy atom. The van der Waals surface area contributed by atoms with E-state index in [1.165, 1.54) is 11.1 Å². The number of aromatic nitrogens is 1. The zero-order valence-electron chi connectivity index (χ0n) is 18.4. The topological polar surface area (TPSA) is 51.7 Å². The number of carbonyl (C=O) groups is 1. The maximum Gasteiger partial charge on any atom is 0.226 e. The lowest BCUT2D eigenvalue weighted by Crippen LogP contribution is -2.39. The summed E-state index contributed by atoms with van der Waals surface area (Å²) in [6.07, 6.45) is 2.28. The van der Waals surface area contributed by atoms with Crippen LogP contribution in [-0.2, 0) is 11.2 Å². The summed E-state index contributed by atoms with van der Waals surface area (Å²) in [5.74, 6) is 2.05. The Balaban J connectivity index is 1.22. The first-order chi connectivity index (χ1) is 15.7. The predicted octanol–water partition coefficient (Wildman–Crippen LogP) is 4.78. The number of hydrogen-bond donors (Lipinski definition) is 0. The quantitative estimate of drug-likeness (QED) is 0.600. The van der Waals surface area contributed by atoms with Crippen molar-refractivity contribution in [3.63, 3.8) is 0 Å². The molecule has 164 valence electrons. The van der Waals surface area contributed by atoms with E-state index in [2.05, 4.69) is 43.3 Å². The van der Waals surface area contributed by atoms with Gasteiger partial charge in [0, 0.05) is 30.4 Å². The SMILES string of the molecule is Cc1cc(-c2ccccc2)cc(C2CCN(C(=O)Cc3ccc4c(c3)OCCO4)CC2)n1. The number of rotatable bonds is 4. The highest BCUT2D eigenvalue weighted by Crippen LogP contribution is 2.32. The fourth-order valence-electron chi connectivity index (χ4n) is 4.61. The van der Waals surface area contributed by atoms with E-state index in [9.17, 15) is 4.79 Å². The maximum atomic E-state index is 12.9. The number of ether oxygens (including phenoxy) is 2. The van der Waals surface area contributed by atoms with Crippen LogP contribution >= 0.6 is 0 Å². The second-order valence-electron chi connectivity index (χ2n) is 8.60. The first-order valence-electron chi connectivity index (χ1n) is 11.4. The second-order valence-corrected chi connectivity index (χ2v) is 8.60. The van der Waals surface area contributed by atoms with E-state index in [4.69, 9.17) is 14.5 Å². The van der Waals surface area contributed by atoms with Gasteiger partial charge in [0.25, 0.3) is 0 Å². The second kappa shape index (κ2) is 9.03. The number of nitrogens with zero attached hydrogens (tertiary/aromatic N) is 2. The molecule has 1 aromatic heterocycles. The molecule has 5 heteroatoms. The van der Waals surface area contributed by atoms with E-state index in [1.807, 2.05) is 29.2 Å². The van der Waals surface area contributed by atoms with Crippen LogP contribution in [-0.4, -0.2) is 42.1 Å². The molecule has 0 radical (unpaired) electrons. The number of hydrogen-bond acceptors (Lipinski definition) is 4. The van der Waals surface area contributed by atoms with Gasteiger partial charge in [-0.25, -0.2) is 0 Å². The largest absolute Gasteiger partial charge is 0.486 e. The highest BCUT2D eigenvalue weighted by atomic mass is 16.6. The Kier molecular flexibility index (Phi) is 5.80. The van der Waals surface area contributed by atoms with Gasteiger partial charge in [0.15, 0.2) is 11.5 Å². The molecule has 5 nitrogen and oxygen atoms in total. The number of carbonyl (C=O) groups excluding carboxylic acids is 1. The molecule has 2 aliphatic rings. The molecule has 1 amide bonds. The molecule has 2 aromatic carbocycles. The van der Waals surface area contributed by atoms with Gasteiger partial charge in [-0.05, 0) is 60.7 Å². The number of fused-ring (bicyclic) bond motifs is 1. The van der Waals surface area contributed by atoms with Crippen LogP contribution in [0.5, 0.6) is 11.5 Å². The summed E-state index contributed by atoms with van der Waals surface area (Å²) in [6, 6.07) is 20.6. The zero-order valence-corrected chi connectivity index (χ0v) is 18.4. The van der Waals surface area contributed by atoms with Gasteiger partial charge < -0.3 is 14.4 Å². The van der Waals surface area contributed by atoms with Crippen LogP contribution in [0.1, 0.15) is 35.7 Å². The molecule has 0 aliphatic carbocycles. The number of likely N-dealkylation sites (tertiary alicyclic amines) is 1. The third kappa shape index (κ3) is 4.47. The Bertz CT molecular complexity index is 1110. The van der Waals surface area contributed by atoms with Crippen molar-refractivity contribution >= 4 is 5.91 Å². The summed E-state index contributed by atoms with van der Waals surface area (Å²) in [5, 5.41) is 0. The highest BCUT2D eigenvalue weighted by molar-refractivity contribution is 5.79. The first-order valence-corrected chi connectivity index (χ1v) is 11.4. The molecule has 0 unspecified atom stereocenters. The van der Waals surface area contributed by atoms with Crippen LogP contribution in [0.3, 0.4) is 0 Å². The minimum absolute atomic E-state index is 0.169. The van der Waals surface area contributed by atoms with Crippen molar-refractivity contribution < 1.29 is 14.3 Å². The van der Waals surface area contributed by atoms with Gasteiger partial charge in [0.1, 0.15) is 13.2 Å². The Morgan fingerprint density at radius 1 is 0.938 bits per heavy atom. The van der Waals surface area contributed by atoms with E-state index >= 15 is 0 Å². The van der Waals surface area contributed by atoms with Crippen molar-refractivity contribution in [3.05, 3.63) is 77.6 Å². The maximum absolute atomic E-state index is 12.9. The van der Waals surface area contributed by atoms with Crippen LogP contribution in [0.4, 0.5) is 0 Å². The molecule has 5 rings (SSSR count). The van der Waals surface area contributed by atoms with Crippen molar-refractivity contribution in [1.82, 2.24) is 9.88 Å². The molecule has 0 bridgehead atoms. The zero-order chi connectivity index (χ0) is 21.9. The van der Waals surface area contributed by atoms with Gasteiger partial charge in [-0.15, -0.1) is 0 Å². The average molecular weight is 429 g/mol. The number of aryl methyl sites for hydroxylation is 1. The summed E-state index contributed by atoms with van der Waals surface area (Å²) >= 11 is 0. The Hall–Kier alpha value is -3.34. The van der Waals surface area contributed by atoms with Crippen molar-refractivity contribution in [2.75, 3.05) is 26.3 Å². The molecule has 2 aliphatic heterocycles.